The number of amides is 1. The van der Waals surface area contributed by atoms with Gasteiger partial charge in [0.2, 0.25) is 5.91 Å². The summed E-state index contributed by atoms with van der Waals surface area (Å²) in [5, 5.41) is 12.8. The van der Waals surface area contributed by atoms with E-state index in [1.54, 1.807) is 18.3 Å². The minimum absolute atomic E-state index is 0.0631. The zero-order valence-electron chi connectivity index (χ0n) is 14.9. The van der Waals surface area contributed by atoms with Crippen LogP contribution in [0, 0.1) is 11.3 Å². The van der Waals surface area contributed by atoms with E-state index in [9.17, 15) is 9.59 Å². The number of aromatic nitrogens is 1. The topological polar surface area (TPSA) is 95.0 Å². The lowest BCUT2D eigenvalue weighted by Crippen LogP contribution is -2.22. The number of nitriles is 1. The molecule has 0 atom stereocenters. The summed E-state index contributed by atoms with van der Waals surface area (Å²) in [6.07, 6.45) is 2.39. The predicted molar refractivity (Wildman–Crippen MR) is 104 cm³/mol. The molecule has 3 rings (SSSR count). The zero-order valence-corrected chi connectivity index (χ0v) is 14.9. The van der Waals surface area contributed by atoms with E-state index in [1.807, 2.05) is 36.4 Å². The van der Waals surface area contributed by atoms with E-state index in [4.69, 9.17) is 10.00 Å². The second-order valence-electron chi connectivity index (χ2n) is 6.08. The first-order valence-corrected chi connectivity index (χ1v) is 8.58. The highest BCUT2D eigenvalue weighted by Gasteiger charge is 2.11. The van der Waals surface area contributed by atoms with Crippen LogP contribution in [0.3, 0.4) is 0 Å². The first kappa shape index (κ1) is 18.2. The molecule has 27 heavy (non-hydrogen) atoms. The Morgan fingerprint density at radius 1 is 1.19 bits per heavy atom. The van der Waals surface area contributed by atoms with Crippen LogP contribution in [0.4, 0.5) is 0 Å². The fraction of sp³-hybridized carbons (Fsp3) is 0.190. The number of pyridine rings is 1. The Bertz CT molecular complexity index is 1080. The standard InChI is InChI=1S/C21H19N3O3/c1-14(25)23-10-8-15-4-2-3-5-17(15)20-13-24-21(26)19-12-16(27-11-9-22)6-7-18(19)20/h2-7,12-13H,8,10-11H2,1H3,(H,23,25)(H,24,26). The van der Waals surface area contributed by atoms with Crippen LogP contribution in [0.15, 0.2) is 53.5 Å². The van der Waals surface area contributed by atoms with Crippen molar-refractivity contribution in [3.63, 3.8) is 0 Å². The second-order valence-corrected chi connectivity index (χ2v) is 6.08. The summed E-state index contributed by atoms with van der Waals surface area (Å²) >= 11 is 0. The van der Waals surface area contributed by atoms with Crippen LogP contribution in [0.5, 0.6) is 5.75 Å². The van der Waals surface area contributed by atoms with Crippen molar-refractivity contribution in [1.29, 1.82) is 5.26 Å². The number of nitrogens with zero attached hydrogens (tertiary/aromatic N) is 1. The van der Waals surface area contributed by atoms with Crippen LogP contribution in [0.2, 0.25) is 0 Å². The molecule has 0 spiro atoms. The van der Waals surface area contributed by atoms with Gasteiger partial charge in [-0.15, -0.1) is 0 Å². The van der Waals surface area contributed by atoms with Crippen LogP contribution in [0.1, 0.15) is 12.5 Å². The van der Waals surface area contributed by atoms with E-state index in [1.165, 1.54) is 6.92 Å². The van der Waals surface area contributed by atoms with Gasteiger partial charge in [-0.2, -0.15) is 5.26 Å². The van der Waals surface area contributed by atoms with Crippen molar-refractivity contribution in [1.82, 2.24) is 10.3 Å². The Kier molecular flexibility index (Phi) is 5.53. The molecule has 1 amide bonds. The zero-order chi connectivity index (χ0) is 19.2. The third-order valence-corrected chi connectivity index (χ3v) is 4.25. The third kappa shape index (κ3) is 4.15. The maximum absolute atomic E-state index is 12.3. The number of benzene rings is 2. The van der Waals surface area contributed by atoms with Gasteiger partial charge in [-0.3, -0.25) is 9.59 Å². The quantitative estimate of drug-likeness (QED) is 0.706. The summed E-state index contributed by atoms with van der Waals surface area (Å²) in [7, 11) is 0. The monoisotopic (exact) mass is 361 g/mol. The molecule has 1 heterocycles. The number of rotatable bonds is 6. The van der Waals surface area contributed by atoms with E-state index >= 15 is 0 Å². The van der Waals surface area contributed by atoms with Gasteiger partial charge in [0, 0.05) is 25.2 Å². The van der Waals surface area contributed by atoms with Crippen molar-refractivity contribution in [2.75, 3.05) is 13.2 Å². The molecule has 0 bridgehead atoms. The fourth-order valence-electron chi connectivity index (χ4n) is 3.04. The molecule has 3 aromatic rings. The van der Waals surface area contributed by atoms with Crippen molar-refractivity contribution in [3.8, 4) is 22.9 Å². The molecule has 2 N–H and O–H groups in total. The molecule has 0 saturated carbocycles. The van der Waals surface area contributed by atoms with Crippen molar-refractivity contribution in [3.05, 3.63) is 64.6 Å². The summed E-state index contributed by atoms with van der Waals surface area (Å²) < 4.78 is 5.31. The molecule has 2 aromatic carbocycles. The molecule has 0 fully saturated rings. The van der Waals surface area contributed by atoms with E-state index < -0.39 is 0 Å². The minimum atomic E-state index is -0.216. The maximum atomic E-state index is 12.3. The van der Waals surface area contributed by atoms with Crippen LogP contribution < -0.4 is 15.6 Å². The molecule has 6 nitrogen and oxygen atoms in total. The van der Waals surface area contributed by atoms with Gasteiger partial charge < -0.3 is 15.0 Å². The summed E-state index contributed by atoms with van der Waals surface area (Å²) in [4.78, 5) is 26.2. The average molecular weight is 361 g/mol. The predicted octanol–water partition coefficient (Wildman–Crippen LogP) is 2.78. The van der Waals surface area contributed by atoms with Gasteiger partial charge in [-0.1, -0.05) is 24.3 Å². The highest BCUT2D eigenvalue weighted by atomic mass is 16.5. The maximum Gasteiger partial charge on any atom is 0.255 e. The highest BCUT2D eigenvalue weighted by Crippen LogP contribution is 2.31. The van der Waals surface area contributed by atoms with E-state index in [2.05, 4.69) is 10.3 Å². The molecule has 0 radical (unpaired) electrons. The number of carbonyl (C=O) groups excluding carboxylic acids is 1. The number of hydrogen-bond acceptors (Lipinski definition) is 4. The Morgan fingerprint density at radius 2 is 2.00 bits per heavy atom. The number of hydrogen-bond donors (Lipinski definition) is 2. The molecule has 6 heteroatoms. The number of ether oxygens (including phenoxy) is 1. The highest BCUT2D eigenvalue weighted by molar-refractivity contribution is 5.97. The van der Waals surface area contributed by atoms with Gasteiger partial charge in [0.15, 0.2) is 6.61 Å². The minimum Gasteiger partial charge on any atom is -0.479 e. The number of nitrogens with one attached hydrogen (secondary N) is 2. The van der Waals surface area contributed by atoms with E-state index in [0.717, 1.165) is 22.1 Å². The van der Waals surface area contributed by atoms with Gasteiger partial charge in [0.25, 0.3) is 5.56 Å². The first-order chi connectivity index (χ1) is 13.1. The fourth-order valence-corrected chi connectivity index (χ4v) is 3.04. The molecule has 136 valence electrons. The summed E-state index contributed by atoms with van der Waals surface area (Å²) in [6.45, 7) is 1.96. The summed E-state index contributed by atoms with van der Waals surface area (Å²) in [6, 6.07) is 15.0. The van der Waals surface area contributed by atoms with Crippen molar-refractivity contribution >= 4 is 16.7 Å². The average Bonchev–Trinajstić information content (AvgIpc) is 2.67. The lowest BCUT2D eigenvalue weighted by molar-refractivity contribution is -0.118. The number of H-pyrrole nitrogens is 1. The van der Waals surface area contributed by atoms with Crippen LogP contribution >= 0.6 is 0 Å². The lowest BCUT2D eigenvalue weighted by atomic mass is 9.95. The Morgan fingerprint density at radius 3 is 2.78 bits per heavy atom. The van der Waals surface area contributed by atoms with Gasteiger partial charge in [0.05, 0.1) is 5.39 Å². The van der Waals surface area contributed by atoms with E-state index in [0.29, 0.717) is 24.1 Å². The molecular weight excluding hydrogens is 342 g/mol. The largest absolute Gasteiger partial charge is 0.479 e. The Hall–Kier alpha value is -3.59. The lowest BCUT2D eigenvalue weighted by Gasteiger charge is -2.13. The summed E-state index contributed by atoms with van der Waals surface area (Å²) in [5.74, 6) is 0.414. The SMILES string of the molecule is CC(=O)NCCc1ccccc1-c1c[nH]c(=O)c2cc(OCC#N)ccc12. The van der Waals surface area contributed by atoms with Crippen molar-refractivity contribution in [2.45, 2.75) is 13.3 Å². The summed E-state index contributed by atoms with van der Waals surface area (Å²) in [5.41, 5.74) is 2.75. The van der Waals surface area contributed by atoms with Gasteiger partial charge in [-0.05, 0) is 41.1 Å². The molecule has 0 saturated heterocycles. The molecular formula is C21H19N3O3. The van der Waals surface area contributed by atoms with Crippen molar-refractivity contribution in [2.24, 2.45) is 0 Å². The van der Waals surface area contributed by atoms with Crippen LogP contribution in [-0.2, 0) is 11.2 Å². The van der Waals surface area contributed by atoms with Gasteiger partial charge >= 0.3 is 0 Å². The third-order valence-electron chi connectivity index (χ3n) is 4.25. The molecule has 1 aromatic heterocycles. The molecule has 0 unspecified atom stereocenters. The second kappa shape index (κ2) is 8.19. The number of fused-ring (bicyclic) bond motifs is 1. The number of aromatic amines is 1. The van der Waals surface area contributed by atoms with Gasteiger partial charge in [0.1, 0.15) is 11.8 Å². The van der Waals surface area contributed by atoms with Crippen molar-refractivity contribution < 1.29 is 9.53 Å². The Labute approximate surface area is 156 Å². The van der Waals surface area contributed by atoms with Crippen LogP contribution in [0.25, 0.3) is 21.9 Å². The molecule has 0 aliphatic heterocycles. The number of carbonyl (C=O) groups is 1. The smallest absolute Gasteiger partial charge is 0.255 e. The first-order valence-electron chi connectivity index (χ1n) is 8.58. The Balaban J connectivity index is 2.05. The molecule has 0 aliphatic carbocycles. The normalized spacial score (nSPS) is 10.4. The van der Waals surface area contributed by atoms with Crippen LogP contribution in [-0.4, -0.2) is 24.0 Å². The van der Waals surface area contributed by atoms with E-state index in [-0.39, 0.29) is 18.1 Å². The van der Waals surface area contributed by atoms with Gasteiger partial charge in [-0.25, -0.2) is 0 Å². The molecule has 0 aliphatic rings.